The van der Waals surface area contributed by atoms with Crippen LogP contribution in [0.1, 0.15) is 13.3 Å². The van der Waals surface area contributed by atoms with Gasteiger partial charge in [0.1, 0.15) is 0 Å². The normalized spacial score (nSPS) is 13.8. The zero-order valence-corrected chi connectivity index (χ0v) is 9.77. The Kier molecular flexibility index (Phi) is 5.63. The van der Waals surface area contributed by atoms with Crippen LogP contribution < -0.4 is 5.32 Å². The molecule has 19 heavy (non-hydrogen) atoms. The summed E-state index contributed by atoms with van der Waals surface area (Å²) in [5.41, 5.74) is -1.92. The summed E-state index contributed by atoms with van der Waals surface area (Å²) < 4.78 is 73.5. The van der Waals surface area contributed by atoms with Crippen molar-refractivity contribution in [2.45, 2.75) is 31.2 Å². The first-order chi connectivity index (χ1) is 8.43. The molecule has 0 radical (unpaired) electrons. The smallest absolute Gasteiger partial charge is 0.394 e. The van der Waals surface area contributed by atoms with E-state index in [1.54, 1.807) is 0 Å². The molecule has 0 spiro atoms. The quantitative estimate of drug-likeness (QED) is 0.663. The second-order valence-corrected chi connectivity index (χ2v) is 3.96. The minimum Gasteiger partial charge on any atom is -0.394 e. The van der Waals surface area contributed by atoms with Gasteiger partial charge in [-0.3, -0.25) is 4.79 Å². The third-order valence-electron chi connectivity index (χ3n) is 2.59. The molecule has 0 saturated carbocycles. The van der Waals surface area contributed by atoms with Crippen molar-refractivity contribution in [2.24, 2.45) is 5.92 Å². The van der Waals surface area contributed by atoms with Crippen molar-refractivity contribution >= 4 is 5.91 Å². The molecular formula is C9H13F6NO3. The predicted octanol–water partition coefficient (Wildman–Crippen LogP) is 0.977. The Morgan fingerprint density at radius 3 is 1.63 bits per heavy atom. The maximum absolute atomic E-state index is 12.2. The third kappa shape index (κ3) is 4.53. The van der Waals surface area contributed by atoms with E-state index in [1.807, 2.05) is 0 Å². The lowest BCUT2D eigenvalue weighted by atomic mass is 9.96. The van der Waals surface area contributed by atoms with Gasteiger partial charge in [-0.25, -0.2) is 0 Å². The fraction of sp³-hybridized carbons (Fsp3) is 0.889. The van der Waals surface area contributed by atoms with Gasteiger partial charge >= 0.3 is 12.4 Å². The van der Waals surface area contributed by atoms with Gasteiger partial charge in [0.2, 0.25) is 11.8 Å². The van der Waals surface area contributed by atoms with E-state index < -0.39 is 42.9 Å². The molecule has 0 bridgehead atoms. The number of amides is 1. The molecule has 0 aromatic carbocycles. The van der Waals surface area contributed by atoms with Crippen molar-refractivity contribution in [3.63, 3.8) is 0 Å². The van der Waals surface area contributed by atoms with E-state index in [1.165, 1.54) is 12.2 Å². The van der Waals surface area contributed by atoms with Gasteiger partial charge in [-0.05, 0) is 6.42 Å². The van der Waals surface area contributed by atoms with Gasteiger partial charge in [0.25, 0.3) is 0 Å². The van der Waals surface area contributed by atoms with Gasteiger partial charge in [-0.15, -0.1) is 0 Å². The van der Waals surface area contributed by atoms with Crippen molar-refractivity contribution < 1.29 is 41.4 Å². The first-order valence-electron chi connectivity index (χ1n) is 5.10. The molecule has 10 heteroatoms. The van der Waals surface area contributed by atoms with Crippen LogP contribution in [0.25, 0.3) is 0 Å². The minimum absolute atomic E-state index is 0.242. The second kappa shape index (κ2) is 5.95. The zero-order chi connectivity index (χ0) is 15.5. The topological polar surface area (TPSA) is 69.6 Å². The zero-order valence-electron chi connectivity index (χ0n) is 9.77. The van der Waals surface area contributed by atoms with Crippen molar-refractivity contribution in [3.8, 4) is 0 Å². The van der Waals surface area contributed by atoms with Gasteiger partial charge in [-0.2, -0.15) is 26.3 Å². The molecule has 1 amide bonds. The molecule has 0 aliphatic heterocycles. The Balaban J connectivity index is 5.25. The van der Waals surface area contributed by atoms with Crippen LogP contribution in [0.5, 0.6) is 0 Å². The summed E-state index contributed by atoms with van der Waals surface area (Å²) in [7, 11) is 0. The molecule has 0 saturated heterocycles. The largest absolute Gasteiger partial charge is 0.409 e. The summed E-state index contributed by atoms with van der Waals surface area (Å²) in [6.07, 6.45) is -11.9. The highest BCUT2D eigenvalue weighted by Crippen LogP contribution is 2.39. The SMILES string of the molecule is CCC(CO)(CO)NC(=O)C(C(F)(F)F)C(F)(F)F. The number of hydrogen-bond acceptors (Lipinski definition) is 3. The molecule has 0 rings (SSSR count). The van der Waals surface area contributed by atoms with Crippen LogP contribution in [-0.4, -0.2) is 47.2 Å². The molecule has 0 aromatic heterocycles. The van der Waals surface area contributed by atoms with E-state index in [-0.39, 0.29) is 6.42 Å². The van der Waals surface area contributed by atoms with Crippen LogP contribution in [0, 0.1) is 5.92 Å². The molecule has 0 heterocycles. The highest BCUT2D eigenvalue weighted by Gasteiger charge is 2.61. The van der Waals surface area contributed by atoms with Crippen molar-refractivity contribution in [1.82, 2.24) is 5.32 Å². The maximum atomic E-state index is 12.2. The second-order valence-electron chi connectivity index (χ2n) is 3.96. The number of halogens is 6. The summed E-state index contributed by atoms with van der Waals surface area (Å²) in [5, 5.41) is 19.2. The van der Waals surface area contributed by atoms with Crippen LogP contribution in [0.4, 0.5) is 26.3 Å². The van der Waals surface area contributed by atoms with Crippen molar-refractivity contribution in [3.05, 3.63) is 0 Å². The third-order valence-corrected chi connectivity index (χ3v) is 2.59. The van der Waals surface area contributed by atoms with Gasteiger partial charge in [0.15, 0.2) is 0 Å². The molecule has 0 unspecified atom stereocenters. The van der Waals surface area contributed by atoms with E-state index >= 15 is 0 Å². The van der Waals surface area contributed by atoms with Gasteiger partial charge in [0.05, 0.1) is 18.8 Å². The number of hydrogen-bond donors (Lipinski definition) is 3. The number of carbonyl (C=O) groups excluding carboxylic acids is 1. The predicted molar refractivity (Wildman–Crippen MR) is 50.9 cm³/mol. The number of aliphatic hydroxyl groups excluding tert-OH is 2. The number of nitrogens with one attached hydrogen (secondary N) is 1. The lowest BCUT2D eigenvalue weighted by Gasteiger charge is -2.32. The Morgan fingerprint density at radius 1 is 1.05 bits per heavy atom. The van der Waals surface area contributed by atoms with E-state index in [2.05, 4.69) is 0 Å². The molecule has 0 atom stereocenters. The molecule has 3 N–H and O–H groups in total. The first-order valence-corrected chi connectivity index (χ1v) is 5.10. The average molecular weight is 297 g/mol. The highest BCUT2D eigenvalue weighted by molar-refractivity contribution is 5.81. The summed E-state index contributed by atoms with van der Waals surface area (Å²) >= 11 is 0. The fourth-order valence-corrected chi connectivity index (χ4v) is 1.26. The van der Waals surface area contributed by atoms with Crippen LogP contribution in [-0.2, 0) is 4.79 Å². The monoisotopic (exact) mass is 297 g/mol. The van der Waals surface area contributed by atoms with Crippen LogP contribution in [0.2, 0.25) is 0 Å². The van der Waals surface area contributed by atoms with Gasteiger partial charge in [0, 0.05) is 0 Å². The number of rotatable bonds is 5. The first kappa shape index (κ1) is 18.0. The molecule has 114 valence electrons. The number of alkyl halides is 6. The summed E-state index contributed by atoms with van der Waals surface area (Å²) in [6, 6.07) is 0. The molecule has 0 aliphatic carbocycles. The molecule has 4 nitrogen and oxygen atoms in total. The van der Waals surface area contributed by atoms with Crippen LogP contribution in [0.3, 0.4) is 0 Å². The Bertz CT molecular complexity index is 288. The van der Waals surface area contributed by atoms with E-state index in [9.17, 15) is 31.1 Å². The lowest BCUT2D eigenvalue weighted by molar-refractivity contribution is -0.275. The molecular weight excluding hydrogens is 284 g/mol. The molecule has 0 fully saturated rings. The van der Waals surface area contributed by atoms with Crippen molar-refractivity contribution in [1.29, 1.82) is 0 Å². The van der Waals surface area contributed by atoms with E-state index in [4.69, 9.17) is 10.2 Å². The van der Waals surface area contributed by atoms with Crippen LogP contribution >= 0.6 is 0 Å². The molecule has 0 aromatic rings. The maximum Gasteiger partial charge on any atom is 0.409 e. The minimum atomic E-state index is -5.81. The standard InChI is InChI=1S/C9H13F6NO3/c1-2-7(3-17,4-18)16-6(19)5(8(10,11)12)9(13,14)15/h5,17-18H,2-4H2,1H3,(H,16,19). The highest BCUT2D eigenvalue weighted by atomic mass is 19.4. The Morgan fingerprint density at radius 2 is 1.42 bits per heavy atom. The van der Waals surface area contributed by atoms with Gasteiger partial charge < -0.3 is 15.5 Å². The van der Waals surface area contributed by atoms with E-state index in [0.29, 0.717) is 0 Å². The average Bonchev–Trinajstić information content (AvgIpc) is 2.22. The van der Waals surface area contributed by atoms with E-state index in [0.717, 1.165) is 0 Å². The Hall–Kier alpha value is -1.03. The Labute approximate surface area is 104 Å². The number of carbonyl (C=O) groups is 1. The van der Waals surface area contributed by atoms with Crippen molar-refractivity contribution in [2.75, 3.05) is 13.2 Å². The summed E-state index contributed by atoms with van der Waals surface area (Å²) in [4.78, 5) is 11.2. The fourth-order valence-electron chi connectivity index (χ4n) is 1.26. The van der Waals surface area contributed by atoms with Gasteiger partial charge in [-0.1, -0.05) is 6.92 Å². The summed E-state index contributed by atoms with van der Waals surface area (Å²) in [5.74, 6) is -6.56. The summed E-state index contributed by atoms with van der Waals surface area (Å²) in [6.45, 7) is -0.703. The number of aliphatic hydroxyl groups is 2. The lowest BCUT2D eigenvalue weighted by Crippen LogP contribution is -2.59. The van der Waals surface area contributed by atoms with Crippen LogP contribution in [0.15, 0.2) is 0 Å². The molecule has 0 aliphatic rings.